The Kier molecular flexibility index (Phi) is 5.20. The number of thiophene rings is 1. The van der Waals surface area contributed by atoms with E-state index in [0.717, 1.165) is 14.0 Å². The fourth-order valence-electron chi connectivity index (χ4n) is 2.27. The highest BCUT2D eigenvalue weighted by atomic mass is 79.9. The summed E-state index contributed by atoms with van der Waals surface area (Å²) in [5.41, 5.74) is 7.99. The third-order valence-electron chi connectivity index (χ3n) is 2.98. The number of hydrogen-bond donors (Lipinski definition) is 2. The molecular weight excluding hydrogens is 388 g/mol. The maximum atomic E-state index is 5.73. The van der Waals surface area contributed by atoms with Crippen molar-refractivity contribution in [2.45, 2.75) is 26.3 Å². The van der Waals surface area contributed by atoms with Crippen molar-refractivity contribution < 1.29 is 0 Å². The molecule has 1 aromatic carbocycles. The summed E-state index contributed by atoms with van der Waals surface area (Å²) < 4.78 is 2.22. The molecule has 0 aliphatic rings. The van der Waals surface area contributed by atoms with Crippen molar-refractivity contribution in [1.29, 1.82) is 0 Å². The topological polar surface area (TPSA) is 38.0 Å². The molecule has 2 aromatic rings. The minimum absolute atomic E-state index is 0.109. The number of hydrazine groups is 1. The molecule has 102 valence electrons. The molecule has 0 amide bonds. The summed E-state index contributed by atoms with van der Waals surface area (Å²) in [7, 11) is 0. The van der Waals surface area contributed by atoms with E-state index in [0.29, 0.717) is 0 Å². The van der Waals surface area contributed by atoms with Crippen molar-refractivity contribution >= 4 is 43.2 Å². The van der Waals surface area contributed by atoms with Gasteiger partial charge < -0.3 is 0 Å². The first-order valence-corrected chi connectivity index (χ1v) is 8.38. The van der Waals surface area contributed by atoms with Crippen LogP contribution >= 0.6 is 43.2 Å². The minimum Gasteiger partial charge on any atom is -0.271 e. The predicted molar refractivity (Wildman–Crippen MR) is 89.4 cm³/mol. The van der Waals surface area contributed by atoms with Crippen molar-refractivity contribution in [2.75, 3.05) is 0 Å². The molecule has 1 atom stereocenters. The van der Waals surface area contributed by atoms with Gasteiger partial charge in [0.05, 0.1) is 13.6 Å². The second-order valence-electron chi connectivity index (χ2n) is 4.70. The van der Waals surface area contributed by atoms with E-state index >= 15 is 0 Å². The average Bonchev–Trinajstić information content (AvgIpc) is 2.64. The molecule has 0 saturated carbocycles. The molecule has 2 nitrogen and oxygen atoms in total. The van der Waals surface area contributed by atoms with E-state index in [1.807, 2.05) is 0 Å². The van der Waals surface area contributed by atoms with Gasteiger partial charge in [0.15, 0.2) is 0 Å². The van der Waals surface area contributed by atoms with Crippen molar-refractivity contribution in [1.82, 2.24) is 5.43 Å². The van der Waals surface area contributed by atoms with E-state index in [9.17, 15) is 0 Å². The van der Waals surface area contributed by atoms with E-state index in [1.165, 1.54) is 22.3 Å². The van der Waals surface area contributed by atoms with Crippen LogP contribution in [0.5, 0.6) is 0 Å². The van der Waals surface area contributed by atoms with Crippen LogP contribution in [-0.4, -0.2) is 0 Å². The second kappa shape index (κ2) is 6.50. The van der Waals surface area contributed by atoms with Gasteiger partial charge in [0, 0.05) is 0 Å². The van der Waals surface area contributed by atoms with Crippen LogP contribution in [0.25, 0.3) is 0 Å². The van der Waals surface area contributed by atoms with Crippen LogP contribution in [0.1, 0.15) is 28.3 Å². The van der Waals surface area contributed by atoms with E-state index in [4.69, 9.17) is 5.84 Å². The SMILES string of the molecule is Cc1cc(C)cc(CC(NN)c2cc(Br)sc2Br)c1. The molecule has 0 aliphatic heterocycles. The van der Waals surface area contributed by atoms with Crippen molar-refractivity contribution in [2.24, 2.45) is 5.84 Å². The van der Waals surface area contributed by atoms with Gasteiger partial charge in [-0.15, -0.1) is 11.3 Å². The highest BCUT2D eigenvalue weighted by Gasteiger charge is 2.16. The average molecular weight is 404 g/mol. The molecule has 5 heteroatoms. The van der Waals surface area contributed by atoms with Crippen LogP contribution in [0.3, 0.4) is 0 Å². The van der Waals surface area contributed by atoms with Crippen LogP contribution in [0.2, 0.25) is 0 Å². The first-order valence-electron chi connectivity index (χ1n) is 5.97. The lowest BCUT2D eigenvalue weighted by Crippen LogP contribution is -2.29. The van der Waals surface area contributed by atoms with Crippen LogP contribution < -0.4 is 11.3 Å². The molecule has 3 N–H and O–H groups in total. The molecule has 19 heavy (non-hydrogen) atoms. The lowest BCUT2D eigenvalue weighted by atomic mass is 9.98. The van der Waals surface area contributed by atoms with E-state index < -0.39 is 0 Å². The number of nitrogens with two attached hydrogens (primary N) is 1. The second-order valence-corrected chi connectivity index (χ2v) is 8.45. The minimum atomic E-state index is 0.109. The van der Waals surface area contributed by atoms with Crippen LogP contribution in [0, 0.1) is 13.8 Å². The van der Waals surface area contributed by atoms with Gasteiger partial charge in [-0.25, -0.2) is 0 Å². The highest BCUT2D eigenvalue weighted by Crippen LogP contribution is 2.36. The summed E-state index contributed by atoms with van der Waals surface area (Å²) >= 11 is 8.77. The maximum Gasteiger partial charge on any atom is 0.0758 e. The molecule has 2 rings (SSSR count). The molecule has 0 fully saturated rings. The molecule has 0 spiro atoms. The van der Waals surface area contributed by atoms with Crippen LogP contribution in [-0.2, 0) is 6.42 Å². The maximum absolute atomic E-state index is 5.73. The van der Waals surface area contributed by atoms with Crippen molar-refractivity contribution in [3.8, 4) is 0 Å². The lowest BCUT2D eigenvalue weighted by molar-refractivity contribution is 0.551. The molecule has 0 bridgehead atoms. The Morgan fingerprint density at radius 3 is 2.26 bits per heavy atom. The predicted octanol–water partition coefficient (Wildman–Crippen LogP) is 4.64. The standard InChI is InChI=1S/C14H16Br2N2S/c1-8-3-9(2)5-10(4-8)6-12(18-17)11-7-13(15)19-14(11)16/h3-5,7,12,18H,6,17H2,1-2H3. The zero-order valence-electron chi connectivity index (χ0n) is 10.8. The van der Waals surface area contributed by atoms with E-state index in [1.54, 1.807) is 11.3 Å². The third-order valence-corrected chi connectivity index (χ3v) is 5.37. The summed E-state index contributed by atoms with van der Waals surface area (Å²) in [5, 5.41) is 0. The Bertz CT molecular complexity index is 561. The summed E-state index contributed by atoms with van der Waals surface area (Å²) in [5.74, 6) is 5.73. The Labute approximate surface area is 134 Å². The number of rotatable bonds is 4. The summed E-state index contributed by atoms with van der Waals surface area (Å²) in [4.78, 5) is 0. The quantitative estimate of drug-likeness (QED) is 0.576. The van der Waals surface area contributed by atoms with Crippen LogP contribution in [0.15, 0.2) is 31.8 Å². The molecule has 1 heterocycles. The number of benzene rings is 1. The molecule has 0 saturated heterocycles. The van der Waals surface area contributed by atoms with Gasteiger partial charge in [-0.2, -0.15) is 0 Å². The molecule has 0 radical (unpaired) electrons. The number of nitrogens with one attached hydrogen (secondary N) is 1. The Hall–Kier alpha value is -0.200. The molecule has 1 aromatic heterocycles. The third kappa shape index (κ3) is 3.89. The smallest absolute Gasteiger partial charge is 0.0758 e. The first kappa shape index (κ1) is 15.2. The summed E-state index contributed by atoms with van der Waals surface area (Å²) in [6.45, 7) is 4.25. The number of halogens is 2. The summed E-state index contributed by atoms with van der Waals surface area (Å²) in [6.07, 6.45) is 0.876. The largest absolute Gasteiger partial charge is 0.271 e. The fraction of sp³-hybridized carbons (Fsp3) is 0.286. The number of aryl methyl sites for hydroxylation is 2. The van der Waals surface area contributed by atoms with Gasteiger partial charge in [0.25, 0.3) is 0 Å². The molecule has 1 unspecified atom stereocenters. The van der Waals surface area contributed by atoms with Crippen molar-refractivity contribution in [3.05, 3.63) is 54.1 Å². The van der Waals surface area contributed by atoms with Crippen molar-refractivity contribution in [3.63, 3.8) is 0 Å². The number of hydrogen-bond acceptors (Lipinski definition) is 3. The lowest BCUT2D eigenvalue weighted by Gasteiger charge is -2.16. The normalized spacial score (nSPS) is 12.7. The molecular formula is C14H16Br2N2S. The highest BCUT2D eigenvalue weighted by molar-refractivity contribution is 9.12. The Morgan fingerprint density at radius 1 is 1.16 bits per heavy atom. The zero-order chi connectivity index (χ0) is 14.0. The Balaban J connectivity index is 2.26. The fourth-order valence-corrected chi connectivity index (χ4v) is 5.25. The van der Waals surface area contributed by atoms with Gasteiger partial charge in [-0.05, 0) is 69.3 Å². The van der Waals surface area contributed by atoms with Gasteiger partial charge in [0.2, 0.25) is 0 Å². The van der Waals surface area contributed by atoms with E-state index in [2.05, 4.69) is 75.4 Å². The van der Waals surface area contributed by atoms with Gasteiger partial charge in [-0.3, -0.25) is 11.3 Å². The first-order chi connectivity index (χ1) is 8.99. The zero-order valence-corrected chi connectivity index (χ0v) is 14.8. The van der Waals surface area contributed by atoms with Gasteiger partial charge in [0.1, 0.15) is 0 Å². The molecule has 0 aliphatic carbocycles. The van der Waals surface area contributed by atoms with Gasteiger partial charge in [-0.1, -0.05) is 29.3 Å². The van der Waals surface area contributed by atoms with Gasteiger partial charge >= 0.3 is 0 Å². The van der Waals surface area contributed by atoms with Crippen LogP contribution in [0.4, 0.5) is 0 Å². The van der Waals surface area contributed by atoms with E-state index in [-0.39, 0.29) is 6.04 Å². The summed E-state index contributed by atoms with van der Waals surface area (Å²) in [6, 6.07) is 8.84. The monoisotopic (exact) mass is 402 g/mol. The Morgan fingerprint density at radius 2 is 1.79 bits per heavy atom.